The highest BCUT2D eigenvalue weighted by molar-refractivity contribution is 5.78. The summed E-state index contributed by atoms with van der Waals surface area (Å²) < 4.78 is 2.11. The van der Waals surface area contributed by atoms with Gasteiger partial charge in [0.1, 0.15) is 5.82 Å². The van der Waals surface area contributed by atoms with E-state index in [1.807, 2.05) is 43.6 Å². The highest BCUT2D eigenvalue weighted by Gasteiger charge is 2.03. The molecular formula is C16H22N4O. The summed E-state index contributed by atoms with van der Waals surface area (Å²) in [5.41, 5.74) is 2.04. The van der Waals surface area contributed by atoms with Crippen LogP contribution >= 0.6 is 0 Å². The van der Waals surface area contributed by atoms with Crippen LogP contribution in [0.5, 0.6) is 0 Å². The fourth-order valence-electron chi connectivity index (χ4n) is 2.16. The van der Waals surface area contributed by atoms with Gasteiger partial charge in [0.05, 0.1) is 13.0 Å². The fourth-order valence-corrected chi connectivity index (χ4v) is 2.16. The molecule has 0 unspecified atom stereocenters. The van der Waals surface area contributed by atoms with Gasteiger partial charge in [0, 0.05) is 31.2 Å². The first-order valence-electron chi connectivity index (χ1n) is 7.32. The minimum atomic E-state index is 0.0585. The molecular weight excluding hydrogens is 264 g/mol. The molecule has 2 aromatic rings. The lowest BCUT2D eigenvalue weighted by atomic mass is 10.1. The topological polar surface area (TPSA) is 59.0 Å². The summed E-state index contributed by atoms with van der Waals surface area (Å²) in [6.07, 6.45) is 4.22. The molecule has 0 atom stereocenters. The highest BCUT2D eigenvalue weighted by atomic mass is 16.1. The van der Waals surface area contributed by atoms with E-state index < -0.39 is 0 Å². The minimum absolute atomic E-state index is 0.0585. The number of hydrogen-bond donors (Lipinski definition) is 2. The molecule has 21 heavy (non-hydrogen) atoms. The van der Waals surface area contributed by atoms with Gasteiger partial charge in [-0.05, 0) is 31.5 Å². The Morgan fingerprint density at radius 1 is 1.24 bits per heavy atom. The van der Waals surface area contributed by atoms with Crippen LogP contribution in [0.1, 0.15) is 25.2 Å². The molecule has 0 fully saturated rings. The zero-order valence-electron chi connectivity index (χ0n) is 12.6. The molecule has 0 saturated heterocycles. The molecule has 0 radical (unpaired) electrons. The number of carbonyl (C=O) groups is 1. The number of likely N-dealkylation sites (N-methyl/N-ethyl adjacent to an activating group) is 1. The second-order valence-electron chi connectivity index (χ2n) is 4.81. The van der Waals surface area contributed by atoms with Crippen molar-refractivity contribution >= 4 is 11.6 Å². The Hall–Kier alpha value is -2.30. The van der Waals surface area contributed by atoms with Crippen LogP contribution in [0, 0.1) is 0 Å². The van der Waals surface area contributed by atoms with E-state index >= 15 is 0 Å². The number of carbonyl (C=O) groups excluding carboxylic acids is 1. The molecule has 1 aromatic carbocycles. The first kappa shape index (κ1) is 15.1. The molecule has 5 heteroatoms. The number of nitrogens with zero attached hydrogens (tertiary/aromatic N) is 2. The van der Waals surface area contributed by atoms with E-state index in [2.05, 4.69) is 27.1 Å². The molecule has 2 rings (SSSR count). The average molecular weight is 286 g/mol. The number of anilines is 1. The lowest BCUT2D eigenvalue weighted by Gasteiger charge is -2.09. The molecule has 0 saturated carbocycles. The lowest BCUT2D eigenvalue weighted by Crippen LogP contribution is -2.24. The molecule has 0 aliphatic heterocycles. The molecule has 1 amide bonds. The Bertz CT molecular complexity index is 574. The molecule has 1 heterocycles. The number of hydrogen-bond acceptors (Lipinski definition) is 3. The van der Waals surface area contributed by atoms with Gasteiger partial charge in [0.15, 0.2) is 0 Å². The largest absolute Gasteiger partial charge is 0.378 e. The van der Waals surface area contributed by atoms with Crippen LogP contribution < -0.4 is 10.6 Å². The second-order valence-corrected chi connectivity index (χ2v) is 4.81. The second kappa shape index (κ2) is 7.47. The molecule has 0 aliphatic rings. The predicted octanol–water partition coefficient (Wildman–Crippen LogP) is 2.19. The van der Waals surface area contributed by atoms with Gasteiger partial charge in [0.2, 0.25) is 5.91 Å². The third-order valence-corrected chi connectivity index (χ3v) is 3.29. The van der Waals surface area contributed by atoms with Crippen molar-refractivity contribution in [3.8, 4) is 0 Å². The van der Waals surface area contributed by atoms with E-state index in [-0.39, 0.29) is 5.91 Å². The monoisotopic (exact) mass is 286 g/mol. The maximum absolute atomic E-state index is 11.5. The Morgan fingerprint density at radius 2 is 2.00 bits per heavy atom. The minimum Gasteiger partial charge on any atom is -0.378 e. The van der Waals surface area contributed by atoms with Crippen LogP contribution in [0.2, 0.25) is 0 Å². The standard InChI is InChI=1S/C16H22N4O/c1-3-17-16(21)11-13-5-7-14(8-6-13)19-12-15-18-9-10-20(15)4-2/h5-10,19H,3-4,11-12H2,1-2H3,(H,17,21). The van der Waals surface area contributed by atoms with E-state index in [0.717, 1.165) is 23.6 Å². The van der Waals surface area contributed by atoms with Crippen molar-refractivity contribution in [3.63, 3.8) is 0 Å². The maximum atomic E-state index is 11.5. The van der Waals surface area contributed by atoms with E-state index in [9.17, 15) is 4.79 Å². The summed E-state index contributed by atoms with van der Waals surface area (Å²) in [4.78, 5) is 15.8. The van der Waals surface area contributed by atoms with Crippen molar-refractivity contribution in [2.24, 2.45) is 0 Å². The quantitative estimate of drug-likeness (QED) is 0.820. The van der Waals surface area contributed by atoms with Crippen molar-refractivity contribution in [2.75, 3.05) is 11.9 Å². The first-order chi connectivity index (χ1) is 10.2. The lowest BCUT2D eigenvalue weighted by molar-refractivity contribution is -0.120. The molecule has 5 nitrogen and oxygen atoms in total. The van der Waals surface area contributed by atoms with Crippen molar-refractivity contribution in [2.45, 2.75) is 33.4 Å². The van der Waals surface area contributed by atoms with Crippen LogP contribution in [0.3, 0.4) is 0 Å². The van der Waals surface area contributed by atoms with E-state index in [1.165, 1.54) is 0 Å². The van der Waals surface area contributed by atoms with Crippen molar-refractivity contribution in [1.29, 1.82) is 0 Å². The third-order valence-electron chi connectivity index (χ3n) is 3.29. The van der Waals surface area contributed by atoms with E-state index in [1.54, 1.807) is 0 Å². The van der Waals surface area contributed by atoms with Gasteiger partial charge < -0.3 is 15.2 Å². The SMILES string of the molecule is CCNC(=O)Cc1ccc(NCc2nccn2CC)cc1. The predicted molar refractivity (Wildman–Crippen MR) is 84.1 cm³/mol. The molecule has 0 spiro atoms. The van der Waals surface area contributed by atoms with E-state index in [4.69, 9.17) is 0 Å². The zero-order chi connectivity index (χ0) is 15.1. The van der Waals surface area contributed by atoms with Crippen LogP contribution in [-0.4, -0.2) is 22.0 Å². The van der Waals surface area contributed by atoms with Gasteiger partial charge >= 0.3 is 0 Å². The summed E-state index contributed by atoms with van der Waals surface area (Å²) >= 11 is 0. The Kier molecular flexibility index (Phi) is 5.37. The number of aromatic nitrogens is 2. The molecule has 1 aromatic heterocycles. The molecule has 2 N–H and O–H groups in total. The smallest absolute Gasteiger partial charge is 0.224 e. The van der Waals surface area contributed by atoms with Crippen molar-refractivity contribution in [1.82, 2.24) is 14.9 Å². The number of rotatable bonds is 7. The zero-order valence-corrected chi connectivity index (χ0v) is 12.6. The molecule has 0 aliphatic carbocycles. The van der Waals surface area contributed by atoms with Crippen LogP contribution in [0.4, 0.5) is 5.69 Å². The average Bonchev–Trinajstić information content (AvgIpc) is 2.94. The van der Waals surface area contributed by atoms with Gasteiger partial charge in [-0.15, -0.1) is 0 Å². The summed E-state index contributed by atoms with van der Waals surface area (Å²) in [6.45, 7) is 6.30. The Morgan fingerprint density at radius 3 is 2.67 bits per heavy atom. The van der Waals surface area contributed by atoms with Crippen molar-refractivity contribution in [3.05, 3.63) is 48.0 Å². The number of imidazole rings is 1. The van der Waals surface area contributed by atoms with Gasteiger partial charge in [-0.2, -0.15) is 0 Å². The number of amides is 1. The van der Waals surface area contributed by atoms with E-state index in [0.29, 0.717) is 19.5 Å². The van der Waals surface area contributed by atoms with Crippen LogP contribution in [-0.2, 0) is 24.3 Å². The number of nitrogens with one attached hydrogen (secondary N) is 2. The third kappa shape index (κ3) is 4.34. The normalized spacial score (nSPS) is 10.4. The van der Waals surface area contributed by atoms with Crippen molar-refractivity contribution < 1.29 is 4.79 Å². The van der Waals surface area contributed by atoms with Gasteiger partial charge in [0.25, 0.3) is 0 Å². The summed E-state index contributed by atoms with van der Waals surface area (Å²) in [7, 11) is 0. The highest BCUT2D eigenvalue weighted by Crippen LogP contribution is 2.11. The Balaban J connectivity index is 1.89. The summed E-state index contributed by atoms with van der Waals surface area (Å²) in [5, 5.41) is 6.14. The first-order valence-corrected chi connectivity index (χ1v) is 7.32. The van der Waals surface area contributed by atoms with Gasteiger partial charge in [-0.3, -0.25) is 4.79 Å². The molecule has 112 valence electrons. The van der Waals surface area contributed by atoms with Crippen LogP contribution in [0.15, 0.2) is 36.7 Å². The fraction of sp³-hybridized carbons (Fsp3) is 0.375. The van der Waals surface area contributed by atoms with Crippen LogP contribution in [0.25, 0.3) is 0 Å². The van der Waals surface area contributed by atoms with Gasteiger partial charge in [-0.25, -0.2) is 4.98 Å². The van der Waals surface area contributed by atoms with Gasteiger partial charge in [-0.1, -0.05) is 12.1 Å². The number of aryl methyl sites for hydroxylation is 1. The summed E-state index contributed by atoms with van der Waals surface area (Å²) in [5.74, 6) is 1.08. The summed E-state index contributed by atoms with van der Waals surface area (Å²) in [6, 6.07) is 7.94. The number of benzene rings is 1. The maximum Gasteiger partial charge on any atom is 0.224 e. The molecule has 0 bridgehead atoms. The Labute approximate surface area is 125 Å².